The Bertz CT molecular complexity index is 589. The summed E-state index contributed by atoms with van der Waals surface area (Å²) >= 11 is 5.09. The summed E-state index contributed by atoms with van der Waals surface area (Å²) in [5, 5.41) is 12.2. The lowest BCUT2D eigenvalue weighted by molar-refractivity contribution is -0.126. The lowest BCUT2D eigenvalue weighted by Crippen LogP contribution is -2.37. The Hall–Kier alpha value is -1.70. The van der Waals surface area contributed by atoms with Crippen LogP contribution < -0.4 is 10.6 Å². The Labute approximate surface area is 141 Å². The quantitative estimate of drug-likeness (QED) is 0.659. The molecular weight excluding hydrogens is 314 g/mol. The average molecular weight is 339 g/mol. The summed E-state index contributed by atoms with van der Waals surface area (Å²) in [6.07, 6.45) is 6.48. The van der Waals surface area contributed by atoms with Crippen molar-refractivity contribution in [2.75, 3.05) is 6.54 Å². The third-order valence-corrected chi connectivity index (χ3v) is 4.55. The smallest absolute Gasteiger partial charge is 0.239 e. The van der Waals surface area contributed by atoms with Crippen molar-refractivity contribution in [1.29, 1.82) is 0 Å². The molecule has 0 bridgehead atoms. The van der Waals surface area contributed by atoms with Gasteiger partial charge in [-0.25, -0.2) is 0 Å². The van der Waals surface area contributed by atoms with Crippen molar-refractivity contribution in [3.63, 3.8) is 0 Å². The van der Waals surface area contributed by atoms with Crippen LogP contribution in [0.2, 0.25) is 0 Å². The maximum absolute atomic E-state index is 11.9. The second-order valence-corrected chi connectivity index (χ2v) is 6.34. The first-order chi connectivity index (χ1) is 11.1. The summed E-state index contributed by atoms with van der Waals surface area (Å²) < 4.78 is 2.36. The molecule has 0 aliphatic heterocycles. The number of aromatic nitrogens is 3. The zero-order valence-electron chi connectivity index (χ0n) is 13.6. The maximum Gasteiger partial charge on any atom is 0.239 e. The molecular formula is C15H25N5O2S. The van der Waals surface area contributed by atoms with Crippen molar-refractivity contribution in [3.05, 3.63) is 10.6 Å². The summed E-state index contributed by atoms with van der Waals surface area (Å²) in [6, 6.07) is 0. The number of rotatable bonds is 7. The van der Waals surface area contributed by atoms with Gasteiger partial charge in [-0.1, -0.05) is 19.3 Å². The molecule has 3 N–H and O–H groups in total. The van der Waals surface area contributed by atoms with Crippen LogP contribution in [0.15, 0.2) is 0 Å². The van der Waals surface area contributed by atoms with Gasteiger partial charge in [-0.05, 0) is 37.9 Å². The molecule has 0 saturated heterocycles. The van der Waals surface area contributed by atoms with E-state index in [4.69, 9.17) is 12.2 Å². The van der Waals surface area contributed by atoms with Crippen LogP contribution in [-0.4, -0.2) is 33.1 Å². The molecule has 7 nitrogen and oxygen atoms in total. The second kappa shape index (κ2) is 8.81. The van der Waals surface area contributed by atoms with E-state index in [9.17, 15) is 9.59 Å². The fourth-order valence-corrected chi connectivity index (χ4v) is 3.24. The minimum Gasteiger partial charge on any atom is -0.347 e. The molecule has 0 spiro atoms. The van der Waals surface area contributed by atoms with E-state index < -0.39 is 0 Å². The number of nitrogens with zero attached hydrogens (tertiary/aromatic N) is 2. The van der Waals surface area contributed by atoms with Gasteiger partial charge in [-0.3, -0.25) is 14.7 Å². The number of carbonyl (C=O) groups is 2. The molecule has 1 aromatic heterocycles. The van der Waals surface area contributed by atoms with Gasteiger partial charge in [0.25, 0.3) is 0 Å². The summed E-state index contributed by atoms with van der Waals surface area (Å²) in [5.41, 5.74) is 0. The summed E-state index contributed by atoms with van der Waals surface area (Å²) in [7, 11) is 0. The highest BCUT2D eigenvalue weighted by atomic mass is 32.1. The van der Waals surface area contributed by atoms with E-state index in [0.717, 1.165) is 12.8 Å². The summed E-state index contributed by atoms with van der Waals surface area (Å²) in [5.74, 6) is 0.895. The van der Waals surface area contributed by atoms with Gasteiger partial charge in [0.15, 0.2) is 10.6 Å². The third-order valence-electron chi connectivity index (χ3n) is 4.24. The van der Waals surface area contributed by atoms with Crippen molar-refractivity contribution < 1.29 is 9.59 Å². The predicted molar refractivity (Wildman–Crippen MR) is 89.1 cm³/mol. The lowest BCUT2D eigenvalue weighted by atomic mass is 9.87. The van der Waals surface area contributed by atoms with E-state index in [1.54, 1.807) is 0 Å². The van der Waals surface area contributed by atoms with Gasteiger partial charge in [-0.15, -0.1) is 0 Å². The molecule has 1 aliphatic rings. The molecule has 0 radical (unpaired) electrons. The van der Waals surface area contributed by atoms with Gasteiger partial charge in [0.1, 0.15) is 0 Å². The third kappa shape index (κ3) is 5.46. The van der Waals surface area contributed by atoms with Crippen LogP contribution in [0.4, 0.5) is 0 Å². The number of aromatic amines is 1. The molecule has 1 fully saturated rings. The van der Waals surface area contributed by atoms with Gasteiger partial charge < -0.3 is 15.2 Å². The first kappa shape index (κ1) is 17.7. The van der Waals surface area contributed by atoms with Crippen LogP contribution in [0.1, 0.15) is 51.3 Å². The molecule has 0 unspecified atom stereocenters. The Morgan fingerprint density at radius 3 is 2.70 bits per heavy atom. The van der Waals surface area contributed by atoms with Crippen LogP contribution in [0.5, 0.6) is 0 Å². The average Bonchev–Trinajstić information content (AvgIpc) is 2.91. The fraction of sp³-hybridized carbons (Fsp3) is 0.733. The van der Waals surface area contributed by atoms with Gasteiger partial charge in [0.05, 0.1) is 13.1 Å². The van der Waals surface area contributed by atoms with Crippen LogP contribution in [0.25, 0.3) is 0 Å². The molecule has 1 aromatic rings. The van der Waals surface area contributed by atoms with Crippen LogP contribution in [0.3, 0.4) is 0 Å². The number of hydrogen-bond donors (Lipinski definition) is 3. The van der Waals surface area contributed by atoms with E-state index in [1.165, 1.54) is 19.3 Å². The molecule has 0 atom stereocenters. The van der Waals surface area contributed by atoms with E-state index in [0.29, 0.717) is 29.5 Å². The molecule has 2 amide bonds. The van der Waals surface area contributed by atoms with E-state index >= 15 is 0 Å². The fourth-order valence-electron chi connectivity index (χ4n) is 2.96. The highest BCUT2D eigenvalue weighted by Gasteiger charge is 2.17. The van der Waals surface area contributed by atoms with E-state index in [1.807, 2.05) is 11.5 Å². The van der Waals surface area contributed by atoms with Crippen molar-refractivity contribution in [2.45, 2.75) is 58.5 Å². The molecule has 0 aromatic carbocycles. The highest BCUT2D eigenvalue weighted by molar-refractivity contribution is 7.71. The van der Waals surface area contributed by atoms with Crippen molar-refractivity contribution >= 4 is 24.0 Å². The van der Waals surface area contributed by atoms with Gasteiger partial charge in [0.2, 0.25) is 11.8 Å². The molecule has 1 saturated carbocycles. The van der Waals surface area contributed by atoms with Crippen LogP contribution in [-0.2, 0) is 22.7 Å². The standard InChI is InChI=1S/C15H25N5O2S/c1-2-20-12(18-19-15(20)23)9-16-14(22)10-17-13(21)8-11-6-4-3-5-7-11/h11H,2-10H2,1H3,(H,16,22)(H,17,21)(H,19,23). The lowest BCUT2D eigenvalue weighted by Gasteiger charge is -2.20. The Kier molecular flexibility index (Phi) is 6.76. The van der Waals surface area contributed by atoms with Gasteiger partial charge in [-0.2, -0.15) is 5.10 Å². The molecule has 128 valence electrons. The van der Waals surface area contributed by atoms with Crippen LogP contribution in [0, 0.1) is 10.7 Å². The van der Waals surface area contributed by atoms with Crippen LogP contribution >= 0.6 is 12.2 Å². The zero-order valence-corrected chi connectivity index (χ0v) is 14.4. The first-order valence-corrected chi connectivity index (χ1v) is 8.68. The zero-order chi connectivity index (χ0) is 16.7. The maximum atomic E-state index is 11.9. The number of H-pyrrole nitrogens is 1. The van der Waals surface area contributed by atoms with E-state index in [2.05, 4.69) is 20.8 Å². The largest absolute Gasteiger partial charge is 0.347 e. The molecule has 2 rings (SSSR count). The van der Waals surface area contributed by atoms with E-state index in [-0.39, 0.29) is 24.9 Å². The van der Waals surface area contributed by atoms with Gasteiger partial charge in [0, 0.05) is 13.0 Å². The number of amides is 2. The second-order valence-electron chi connectivity index (χ2n) is 5.95. The number of hydrogen-bond acceptors (Lipinski definition) is 4. The number of carbonyl (C=O) groups excluding carboxylic acids is 2. The van der Waals surface area contributed by atoms with Crippen molar-refractivity contribution in [1.82, 2.24) is 25.4 Å². The van der Waals surface area contributed by atoms with Gasteiger partial charge >= 0.3 is 0 Å². The SMILES string of the molecule is CCn1c(CNC(=O)CNC(=O)CC2CCCCC2)n[nH]c1=S. The van der Waals surface area contributed by atoms with Crippen molar-refractivity contribution in [3.8, 4) is 0 Å². The predicted octanol–water partition coefficient (Wildman–Crippen LogP) is 1.66. The van der Waals surface area contributed by atoms with Crippen molar-refractivity contribution in [2.24, 2.45) is 5.92 Å². The molecule has 1 heterocycles. The highest BCUT2D eigenvalue weighted by Crippen LogP contribution is 2.25. The Morgan fingerprint density at radius 2 is 2.00 bits per heavy atom. The molecule has 8 heteroatoms. The Balaban J connectivity index is 1.68. The topological polar surface area (TPSA) is 91.8 Å². The number of nitrogens with one attached hydrogen (secondary N) is 3. The monoisotopic (exact) mass is 339 g/mol. The minimum atomic E-state index is -0.224. The molecule has 23 heavy (non-hydrogen) atoms. The summed E-state index contributed by atoms with van der Waals surface area (Å²) in [6.45, 7) is 2.95. The molecule has 1 aliphatic carbocycles. The normalized spacial score (nSPS) is 15.3. The Morgan fingerprint density at radius 1 is 1.26 bits per heavy atom. The minimum absolute atomic E-state index is 0.00281. The first-order valence-electron chi connectivity index (χ1n) is 8.27. The summed E-state index contributed by atoms with van der Waals surface area (Å²) in [4.78, 5) is 23.7.